The van der Waals surface area contributed by atoms with E-state index in [9.17, 15) is 9.90 Å². The number of para-hydroxylation sites is 1. The number of rotatable bonds is 4. The summed E-state index contributed by atoms with van der Waals surface area (Å²) >= 11 is 0. The van der Waals surface area contributed by atoms with Crippen LogP contribution in [0, 0.1) is 6.92 Å². The lowest BCUT2D eigenvalue weighted by Gasteiger charge is -2.10. The Hall–Kier alpha value is -3.28. The minimum Gasteiger partial charge on any atom is -0.493 e. The fourth-order valence-electron chi connectivity index (χ4n) is 3.42. The molecule has 1 aliphatic heterocycles. The Labute approximate surface area is 157 Å². The van der Waals surface area contributed by atoms with E-state index in [2.05, 4.69) is 4.57 Å². The number of carbonyl (C=O) groups is 1. The molecule has 2 heterocycles. The van der Waals surface area contributed by atoms with Gasteiger partial charge < -0.3 is 19.1 Å². The highest BCUT2D eigenvalue weighted by Gasteiger charge is 2.24. The number of benzene rings is 2. The Morgan fingerprint density at radius 1 is 1.26 bits per heavy atom. The van der Waals surface area contributed by atoms with Crippen molar-refractivity contribution in [2.75, 3.05) is 13.2 Å². The fraction of sp³-hybridized carbons (Fsp3) is 0.238. The van der Waals surface area contributed by atoms with Crippen LogP contribution in [-0.2, 0) is 6.54 Å². The van der Waals surface area contributed by atoms with Crippen LogP contribution in [0.5, 0.6) is 11.5 Å². The highest BCUT2D eigenvalue weighted by Crippen LogP contribution is 2.38. The smallest absolute Gasteiger partial charge is 0.335 e. The molecular weight excluding hydrogens is 344 g/mol. The summed E-state index contributed by atoms with van der Waals surface area (Å²) < 4.78 is 13.7. The molecule has 138 valence electrons. The fourth-order valence-corrected chi connectivity index (χ4v) is 3.42. The van der Waals surface area contributed by atoms with E-state index in [1.807, 2.05) is 38.1 Å². The predicted octanol–water partition coefficient (Wildman–Crippen LogP) is 4.01. The van der Waals surface area contributed by atoms with Crippen molar-refractivity contribution < 1.29 is 19.4 Å². The number of aromatic carboxylic acids is 1. The first-order valence-electron chi connectivity index (χ1n) is 8.90. The van der Waals surface area contributed by atoms with E-state index < -0.39 is 5.97 Å². The van der Waals surface area contributed by atoms with Gasteiger partial charge in [-0.25, -0.2) is 9.78 Å². The van der Waals surface area contributed by atoms with Crippen LogP contribution in [0.1, 0.15) is 23.0 Å². The molecule has 0 saturated heterocycles. The molecule has 6 nitrogen and oxygen atoms in total. The molecule has 0 aliphatic carbocycles. The second-order valence-corrected chi connectivity index (χ2v) is 6.31. The molecule has 0 bridgehead atoms. The van der Waals surface area contributed by atoms with Crippen LogP contribution in [0.4, 0.5) is 0 Å². The number of nitrogens with zero attached hydrogens (tertiary/aromatic N) is 2. The van der Waals surface area contributed by atoms with Gasteiger partial charge in [-0.15, -0.1) is 0 Å². The van der Waals surface area contributed by atoms with E-state index in [1.54, 1.807) is 18.2 Å². The monoisotopic (exact) mass is 364 g/mol. The molecule has 2 aromatic carbocycles. The van der Waals surface area contributed by atoms with E-state index in [0.717, 1.165) is 34.1 Å². The molecule has 6 heteroatoms. The van der Waals surface area contributed by atoms with Crippen molar-refractivity contribution >= 4 is 5.97 Å². The lowest BCUT2D eigenvalue weighted by Crippen LogP contribution is -2.07. The number of carboxylic acids is 1. The SMILES string of the molecule is CCOc1ccccc1-c1nc2n(c1C)CCOc1cc(C(=O)O)ccc1-2. The van der Waals surface area contributed by atoms with Gasteiger partial charge >= 0.3 is 5.97 Å². The van der Waals surface area contributed by atoms with Gasteiger partial charge in [0.2, 0.25) is 0 Å². The third-order valence-corrected chi connectivity index (χ3v) is 4.70. The summed E-state index contributed by atoms with van der Waals surface area (Å²) in [7, 11) is 0. The molecule has 0 radical (unpaired) electrons. The highest BCUT2D eigenvalue weighted by atomic mass is 16.5. The van der Waals surface area contributed by atoms with E-state index >= 15 is 0 Å². The van der Waals surface area contributed by atoms with Crippen LogP contribution in [-0.4, -0.2) is 33.8 Å². The number of hydrogen-bond acceptors (Lipinski definition) is 4. The van der Waals surface area contributed by atoms with Gasteiger partial charge in [-0.05, 0) is 44.2 Å². The van der Waals surface area contributed by atoms with Gasteiger partial charge in [0.15, 0.2) is 0 Å². The molecule has 0 saturated carbocycles. The number of imidazole rings is 1. The minimum absolute atomic E-state index is 0.201. The zero-order chi connectivity index (χ0) is 19.0. The second kappa shape index (κ2) is 6.79. The van der Waals surface area contributed by atoms with Crippen LogP contribution in [0.25, 0.3) is 22.6 Å². The minimum atomic E-state index is -0.975. The number of fused-ring (bicyclic) bond motifs is 3. The lowest BCUT2D eigenvalue weighted by molar-refractivity contribution is 0.0696. The van der Waals surface area contributed by atoms with Crippen molar-refractivity contribution in [1.29, 1.82) is 0 Å². The summed E-state index contributed by atoms with van der Waals surface area (Å²) in [5, 5.41) is 9.24. The normalized spacial score (nSPS) is 12.5. The molecule has 0 amide bonds. The first-order chi connectivity index (χ1) is 13.1. The summed E-state index contributed by atoms with van der Waals surface area (Å²) in [6, 6.07) is 12.8. The second-order valence-electron chi connectivity index (χ2n) is 6.31. The van der Waals surface area contributed by atoms with Gasteiger partial charge in [0.25, 0.3) is 0 Å². The van der Waals surface area contributed by atoms with E-state index in [1.165, 1.54) is 0 Å². The van der Waals surface area contributed by atoms with Gasteiger partial charge in [-0.1, -0.05) is 12.1 Å². The zero-order valence-electron chi connectivity index (χ0n) is 15.2. The van der Waals surface area contributed by atoms with Crippen LogP contribution < -0.4 is 9.47 Å². The molecule has 4 rings (SSSR count). The molecule has 0 fully saturated rings. The summed E-state index contributed by atoms with van der Waals surface area (Å²) in [4.78, 5) is 16.2. The number of carboxylic acid groups (broad SMARTS) is 1. The summed E-state index contributed by atoms with van der Waals surface area (Å²) in [5.74, 6) is 1.15. The third-order valence-electron chi connectivity index (χ3n) is 4.70. The Bertz CT molecular complexity index is 1020. The molecule has 1 aromatic heterocycles. The Morgan fingerprint density at radius 2 is 2.07 bits per heavy atom. The molecule has 0 unspecified atom stereocenters. The predicted molar refractivity (Wildman–Crippen MR) is 101 cm³/mol. The maximum absolute atomic E-state index is 11.3. The number of hydrogen-bond donors (Lipinski definition) is 1. The summed E-state index contributed by atoms with van der Waals surface area (Å²) in [5.41, 5.74) is 3.83. The maximum atomic E-state index is 11.3. The van der Waals surface area contributed by atoms with Crippen molar-refractivity contribution in [3.63, 3.8) is 0 Å². The Balaban J connectivity index is 1.88. The quantitative estimate of drug-likeness (QED) is 0.757. The average Bonchev–Trinajstić information content (AvgIpc) is 2.88. The van der Waals surface area contributed by atoms with Gasteiger partial charge in [-0.3, -0.25) is 0 Å². The summed E-state index contributed by atoms with van der Waals surface area (Å²) in [6.07, 6.45) is 0. The molecule has 0 spiro atoms. The molecule has 0 atom stereocenters. The molecule has 1 aliphatic rings. The first-order valence-corrected chi connectivity index (χ1v) is 8.90. The topological polar surface area (TPSA) is 73.6 Å². The largest absolute Gasteiger partial charge is 0.493 e. The maximum Gasteiger partial charge on any atom is 0.335 e. The van der Waals surface area contributed by atoms with Gasteiger partial charge in [0.05, 0.1) is 30.0 Å². The van der Waals surface area contributed by atoms with E-state index in [0.29, 0.717) is 25.5 Å². The molecule has 3 aromatic rings. The van der Waals surface area contributed by atoms with Gasteiger partial charge in [0.1, 0.15) is 23.9 Å². The Kier molecular flexibility index (Phi) is 4.32. The van der Waals surface area contributed by atoms with Crippen molar-refractivity contribution in [2.24, 2.45) is 0 Å². The first kappa shape index (κ1) is 17.1. The Morgan fingerprint density at radius 3 is 2.85 bits per heavy atom. The van der Waals surface area contributed by atoms with Crippen molar-refractivity contribution in [2.45, 2.75) is 20.4 Å². The number of ether oxygens (including phenoxy) is 2. The standard InChI is InChI=1S/C21H20N2O4/c1-3-26-17-7-5-4-6-15(17)19-13(2)23-10-11-27-18-12-14(21(24)25)8-9-16(18)20(23)22-19/h4-9,12H,3,10-11H2,1-2H3,(H,24,25). The zero-order valence-corrected chi connectivity index (χ0v) is 15.2. The highest BCUT2D eigenvalue weighted by molar-refractivity contribution is 5.89. The van der Waals surface area contributed by atoms with Gasteiger partial charge in [0, 0.05) is 11.3 Å². The van der Waals surface area contributed by atoms with Crippen LogP contribution >= 0.6 is 0 Å². The van der Waals surface area contributed by atoms with Crippen LogP contribution in [0.15, 0.2) is 42.5 Å². The molecular formula is C21H20N2O4. The van der Waals surface area contributed by atoms with Crippen LogP contribution in [0.2, 0.25) is 0 Å². The van der Waals surface area contributed by atoms with Crippen molar-refractivity contribution in [1.82, 2.24) is 9.55 Å². The average molecular weight is 364 g/mol. The van der Waals surface area contributed by atoms with Crippen LogP contribution in [0.3, 0.4) is 0 Å². The third kappa shape index (κ3) is 2.93. The summed E-state index contributed by atoms with van der Waals surface area (Å²) in [6.45, 7) is 5.66. The van der Waals surface area contributed by atoms with E-state index in [4.69, 9.17) is 14.5 Å². The molecule has 1 N–H and O–H groups in total. The molecule has 27 heavy (non-hydrogen) atoms. The van der Waals surface area contributed by atoms with Gasteiger partial charge in [-0.2, -0.15) is 0 Å². The van der Waals surface area contributed by atoms with Crippen molar-refractivity contribution in [3.05, 3.63) is 53.7 Å². The van der Waals surface area contributed by atoms with E-state index in [-0.39, 0.29) is 5.56 Å². The van der Waals surface area contributed by atoms with Crippen molar-refractivity contribution in [3.8, 4) is 34.1 Å². The lowest BCUT2D eigenvalue weighted by atomic mass is 10.1. The number of aromatic nitrogens is 2.